The second-order valence-electron chi connectivity index (χ2n) is 5.39. The number of anilines is 1. The molecule has 0 unspecified atom stereocenters. The van der Waals surface area contributed by atoms with Gasteiger partial charge in [-0.05, 0) is 48.9 Å². The van der Waals surface area contributed by atoms with Gasteiger partial charge in [-0.3, -0.25) is 9.36 Å². The van der Waals surface area contributed by atoms with Gasteiger partial charge < -0.3 is 10.1 Å². The van der Waals surface area contributed by atoms with E-state index in [9.17, 15) is 4.79 Å². The van der Waals surface area contributed by atoms with E-state index in [0.717, 1.165) is 11.3 Å². The highest BCUT2D eigenvalue weighted by Gasteiger charge is 2.08. The Morgan fingerprint density at radius 2 is 2.04 bits per heavy atom. The fourth-order valence-electron chi connectivity index (χ4n) is 2.23. The van der Waals surface area contributed by atoms with Crippen molar-refractivity contribution in [1.29, 1.82) is 5.26 Å². The first kappa shape index (κ1) is 16.2. The average Bonchev–Trinajstić information content (AvgIpc) is 3.03. The summed E-state index contributed by atoms with van der Waals surface area (Å²) in [5.74, 6) is 1.25. The van der Waals surface area contributed by atoms with Crippen molar-refractivity contribution in [3.05, 3.63) is 66.2 Å². The molecule has 7 heteroatoms. The topological polar surface area (TPSA) is 92.8 Å². The highest BCUT2D eigenvalue weighted by molar-refractivity contribution is 5.90. The first-order valence-electron chi connectivity index (χ1n) is 7.56. The second-order valence-corrected chi connectivity index (χ2v) is 5.39. The normalized spacial score (nSPS) is 10.1. The number of carbonyl (C=O) groups is 1. The third-order valence-electron chi connectivity index (χ3n) is 3.39. The molecular weight excluding hydrogens is 318 g/mol. The van der Waals surface area contributed by atoms with E-state index in [1.54, 1.807) is 24.3 Å². The van der Waals surface area contributed by atoms with Crippen molar-refractivity contribution in [1.82, 2.24) is 14.8 Å². The maximum absolute atomic E-state index is 12.0. The van der Waals surface area contributed by atoms with E-state index in [4.69, 9.17) is 10.00 Å². The number of carbonyl (C=O) groups excluding carboxylic acids is 1. The van der Waals surface area contributed by atoms with Gasteiger partial charge in [0.15, 0.2) is 0 Å². The van der Waals surface area contributed by atoms with Gasteiger partial charge >= 0.3 is 0 Å². The Hall–Kier alpha value is -3.66. The third kappa shape index (κ3) is 4.20. The predicted molar refractivity (Wildman–Crippen MR) is 91.1 cm³/mol. The lowest BCUT2D eigenvalue weighted by atomic mass is 10.2. The van der Waals surface area contributed by atoms with Gasteiger partial charge in [-0.1, -0.05) is 12.1 Å². The summed E-state index contributed by atoms with van der Waals surface area (Å²) in [6.45, 7) is 1.97. The van der Waals surface area contributed by atoms with Crippen molar-refractivity contribution in [2.75, 3.05) is 5.32 Å². The Morgan fingerprint density at radius 1 is 1.24 bits per heavy atom. The van der Waals surface area contributed by atoms with Crippen LogP contribution in [0.4, 0.5) is 5.69 Å². The Labute approximate surface area is 144 Å². The number of nitrogens with one attached hydrogen (secondary N) is 1. The first-order valence-corrected chi connectivity index (χ1v) is 7.56. The maximum atomic E-state index is 12.0. The number of hydrogen-bond acceptors (Lipinski definition) is 5. The molecule has 0 fully saturated rings. The van der Waals surface area contributed by atoms with Gasteiger partial charge in [0.25, 0.3) is 0 Å². The van der Waals surface area contributed by atoms with Crippen molar-refractivity contribution in [3.8, 4) is 17.6 Å². The lowest BCUT2D eigenvalue weighted by molar-refractivity contribution is -0.116. The molecule has 0 spiro atoms. The minimum atomic E-state index is -0.274. The minimum absolute atomic E-state index is 0.0303. The largest absolute Gasteiger partial charge is 0.457 e. The van der Waals surface area contributed by atoms with Gasteiger partial charge in [-0.25, -0.2) is 0 Å². The van der Waals surface area contributed by atoms with Gasteiger partial charge in [-0.15, -0.1) is 10.2 Å². The van der Waals surface area contributed by atoms with Crippen LogP contribution >= 0.6 is 0 Å². The van der Waals surface area contributed by atoms with Crippen LogP contribution in [0.3, 0.4) is 0 Å². The van der Waals surface area contributed by atoms with E-state index >= 15 is 0 Å². The molecule has 1 aromatic heterocycles. The molecule has 0 aliphatic carbocycles. The third-order valence-corrected chi connectivity index (χ3v) is 3.39. The molecule has 1 heterocycles. The quantitative estimate of drug-likeness (QED) is 0.775. The van der Waals surface area contributed by atoms with Crippen LogP contribution in [0, 0.1) is 18.3 Å². The predicted octanol–water partition coefficient (Wildman–Crippen LogP) is 2.89. The van der Waals surface area contributed by atoms with Crippen molar-refractivity contribution >= 4 is 11.6 Å². The van der Waals surface area contributed by atoms with Crippen LogP contribution in [0.15, 0.2) is 54.9 Å². The molecule has 25 heavy (non-hydrogen) atoms. The van der Waals surface area contributed by atoms with E-state index in [1.807, 2.05) is 37.3 Å². The Kier molecular flexibility index (Phi) is 4.72. The molecular formula is C18H15N5O2. The van der Waals surface area contributed by atoms with Crippen LogP contribution in [0.5, 0.6) is 11.5 Å². The molecule has 0 aliphatic rings. The zero-order chi connectivity index (χ0) is 17.6. The smallest absolute Gasteiger partial charge is 0.244 e. The number of ether oxygens (including phenoxy) is 1. The molecule has 0 atom stereocenters. The number of rotatable bonds is 5. The maximum Gasteiger partial charge on any atom is 0.244 e. The zero-order valence-electron chi connectivity index (χ0n) is 13.5. The molecule has 0 saturated heterocycles. The Morgan fingerprint density at radius 3 is 2.76 bits per heavy atom. The van der Waals surface area contributed by atoms with Crippen molar-refractivity contribution in [2.45, 2.75) is 13.5 Å². The number of hydrogen-bond donors (Lipinski definition) is 1. The molecule has 124 valence electrons. The summed E-state index contributed by atoms with van der Waals surface area (Å²) in [7, 11) is 0. The summed E-state index contributed by atoms with van der Waals surface area (Å²) in [6, 6.07) is 16.7. The van der Waals surface area contributed by atoms with E-state index < -0.39 is 0 Å². The standard InChI is InChI=1S/C18H15N5O2/c1-13-3-2-4-16(9-13)25-15-7-5-14(6-8-15)21-18(24)11-23-12-20-22-17(23)10-19/h2-9,12H,11H2,1H3,(H,21,24). The monoisotopic (exact) mass is 333 g/mol. The lowest BCUT2D eigenvalue weighted by Crippen LogP contribution is -2.19. The van der Waals surface area contributed by atoms with Crippen molar-refractivity contribution in [2.24, 2.45) is 0 Å². The molecule has 2 aromatic carbocycles. The molecule has 0 aliphatic heterocycles. The van der Waals surface area contributed by atoms with Crippen LogP contribution in [-0.4, -0.2) is 20.7 Å². The highest BCUT2D eigenvalue weighted by Crippen LogP contribution is 2.23. The van der Waals surface area contributed by atoms with E-state index in [0.29, 0.717) is 11.4 Å². The van der Waals surface area contributed by atoms with Crippen molar-refractivity contribution < 1.29 is 9.53 Å². The van der Waals surface area contributed by atoms with E-state index in [-0.39, 0.29) is 18.3 Å². The molecule has 0 bridgehead atoms. The van der Waals surface area contributed by atoms with Crippen LogP contribution in [0.25, 0.3) is 0 Å². The number of nitriles is 1. The summed E-state index contributed by atoms with van der Waals surface area (Å²) < 4.78 is 7.14. The average molecular weight is 333 g/mol. The fourth-order valence-corrected chi connectivity index (χ4v) is 2.23. The Bertz CT molecular complexity index is 925. The summed E-state index contributed by atoms with van der Waals surface area (Å²) in [4.78, 5) is 12.0. The number of nitrogens with zero attached hydrogens (tertiary/aromatic N) is 4. The molecule has 0 saturated carbocycles. The second kappa shape index (κ2) is 7.27. The molecule has 1 amide bonds. The van der Waals surface area contributed by atoms with Gasteiger partial charge in [0.05, 0.1) is 0 Å². The zero-order valence-corrected chi connectivity index (χ0v) is 13.5. The fraction of sp³-hybridized carbons (Fsp3) is 0.111. The van der Waals surface area contributed by atoms with Crippen molar-refractivity contribution in [3.63, 3.8) is 0 Å². The summed E-state index contributed by atoms with van der Waals surface area (Å²) in [6.07, 6.45) is 1.34. The lowest BCUT2D eigenvalue weighted by Gasteiger charge is -2.09. The van der Waals surface area contributed by atoms with Crippen LogP contribution in [0.1, 0.15) is 11.4 Å². The summed E-state index contributed by atoms with van der Waals surface area (Å²) >= 11 is 0. The molecule has 3 aromatic rings. The first-order chi connectivity index (χ1) is 12.1. The number of benzene rings is 2. The highest BCUT2D eigenvalue weighted by atomic mass is 16.5. The summed E-state index contributed by atoms with van der Waals surface area (Å²) in [5, 5.41) is 18.8. The minimum Gasteiger partial charge on any atom is -0.457 e. The van der Waals surface area contributed by atoms with Crippen LogP contribution in [0.2, 0.25) is 0 Å². The molecule has 1 N–H and O–H groups in total. The number of aryl methyl sites for hydroxylation is 1. The Balaban J connectivity index is 1.60. The van der Waals surface area contributed by atoms with Gasteiger partial charge in [-0.2, -0.15) is 5.26 Å². The molecule has 3 rings (SSSR count). The van der Waals surface area contributed by atoms with Crippen LogP contribution in [-0.2, 0) is 11.3 Å². The number of amides is 1. The van der Waals surface area contributed by atoms with Gasteiger partial charge in [0.2, 0.25) is 11.7 Å². The number of aromatic nitrogens is 3. The van der Waals surface area contributed by atoms with E-state index in [2.05, 4.69) is 15.5 Å². The molecule has 0 radical (unpaired) electrons. The van der Waals surface area contributed by atoms with Gasteiger partial charge in [0, 0.05) is 5.69 Å². The molecule has 7 nitrogen and oxygen atoms in total. The van der Waals surface area contributed by atoms with Gasteiger partial charge in [0.1, 0.15) is 30.4 Å². The summed E-state index contributed by atoms with van der Waals surface area (Å²) in [5.41, 5.74) is 1.75. The SMILES string of the molecule is Cc1cccc(Oc2ccc(NC(=O)Cn3cnnc3C#N)cc2)c1. The van der Waals surface area contributed by atoms with E-state index in [1.165, 1.54) is 10.9 Å². The van der Waals surface area contributed by atoms with Crippen LogP contribution < -0.4 is 10.1 Å².